The minimum absolute atomic E-state index is 0.0879. The van der Waals surface area contributed by atoms with Gasteiger partial charge in [0.15, 0.2) is 0 Å². The Morgan fingerprint density at radius 3 is 2.50 bits per heavy atom. The van der Waals surface area contributed by atoms with Gasteiger partial charge in [-0.3, -0.25) is 4.79 Å². The van der Waals surface area contributed by atoms with Crippen LogP contribution in [0.5, 0.6) is 0 Å². The monoisotopic (exact) mass is 356 g/mol. The van der Waals surface area contributed by atoms with Crippen LogP contribution in [0.2, 0.25) is 0 Å². The smallest absolute Gasteiger partial charge is 0.405 e. The van der Waals surface area contributed by atoms with E-state index in [2.05, 4.69) is 5.32 Å². The van der Waals surface area contributed by atoms with Crippen molar-refractivity contribution in [2.24, 2.45) is 5.92 Å². The zero-order valence-electron chi connectivity index (χ0n) is 14.9. The summed E-state index contributed by atoms with van der Waals surface area (Å²) in [5.74, 6) is -0.703. The van der Waals surface area contributed by atoms with E-state index in [1.807, 2.05) is 43.3 Å². The van der Waals surface area contributed by atoms with Crippen molar-refractivity contribution in [3.63, 3.8) is 0 Å². The summed E-state index contributed by atoms with van der Waals surface area (Å²) >= 11 is 0. The molecule has 6 heteroatoms. The number of carbonyl (C=O) groups excluding carboxylic acids is 1. The van der Waals surface area contributed by atoms with E-state index in [4.69, 9.17) is 10.5 Å². The van der Waals surface area contributed by atoms with Crippen LogP contribution < -0.4 is 11.1 Å². The average molecular weight is 356 g/mol. The fourth-order valence-electron chi connectivity index (χ4n) is 3.10. The molecule has 4 N–H and O–H groups in total. The lowest BCUT2D eigenvalue weighted by atomic mass is 9.83. The van der Waals surface area contributed by atoms with Gasteiger partial charge in [0.2, 0.25) is 0 Å². The van der Waals surface area contributed by atoms with Crippen molar-refractivity contribution >= 4 is 17.7 Å². The van der Waals surface area contributed by atoms with Gasteiger partial charge in [0, 0.05) is 5.69 Å². The van der Waals surface area contributed by atoms with Gasteiger partial charge in [0.1, 0.15) is 0 Å². The predicted molar refractivity (Wildman–Crippen MR) is 99.8 cm³/mol. The first-order valence-electron chi connectivity index (χ1n) is 8.37. The van der Waals surface area contributed by atoms with Crippen LogP contribution in [0, 0.1) is 12.8 Å². The number of rotatable bonds is 7. The lowest BCUT2D eigenvalue weighted by Crippen LogP contribution is -2.35. The number of hydrogen-bond acceptors (Lipinski definition) is 4. The van der Waals surface area contributed by atoms with Gasteiger partial charge < -0.3 is 20.9 Å². The van der Waals surface area contributed by atoms with Crippen molar-refractivity contribution < 1.29 is 19.4 Å². The number of hydrogen-bond donors (Lipinski definition) is 3. The Morgan fingerprint density at radius 2 is 1.88 bits per heavy atom. The highest BCUT2D eigenvalue weighted by Gasteiger charge is 2.29. The number of methoxy groups -OCH3 is 1. The first kappa shape index (κ1) is 19.3. The van der Waals surface area contributed by atoms with Gasteiger partial charge in [-0.05, 0) is 48.1 Å². The quantitative estimate of drug-likeness (QED) is 0.522. The van der Waals surface area contributed by atoms with Crippen LogP contribution in [0.1, 0.15) is 29.2 Å². The highest BCUT2D eigenvalue weighted by molar-refractivity contribution is 5.70. The Balaban J connectivity index is 2.44. The summed E-state index contributed by atoms with van der Waals surface area (Å²) in [5.41, 5.74) is 9.13. The number of nitrogens with one attached hydrogen (secondary N) is 1. The minimum Gasteiger partial charge on any atom is -0.469 e. The van der Waals surface area contributed by atoms with E-state index in [0.29, 0.717) is 12.1 Å². The number of carbonyl (C=O) groups is 2. The number of benzene rings is 2. The number of esters is 1. The Bertz CT molecular complexity index is 762. The van der Waals surface area contributed by atoms with Gasteiger partial charge in [-0.2, -0.15) is 0 Å². The summed E-state index contributed by atoms with van der Waals surface area (Å²) < 4.78 is 4.82. The fraction of sp³-hybridized carbons (Fsp3) is 0.300. The normalized spacial score (nSPS) is 12.8. The average Bonchev–Trinajstić information content (AvgIpc) is 2.62. The standard InChI is InChI=1S/C20H24N2O4/c1-13-8-9-16(21)12-17(13)19(22-20(24)25)15(11-18(23)26-2)10-14-6-4-3-5-7-14/h3-9,12,15,19,22H,10-11,21H2,1-2H3,(H,24,25). The van der Waals surface area contributed by atoms with Crippen LogP contribution in [-0.2, 0) is 16.0 Å². The molecule has 2 atom stereocenters. The maximum Gasteiger partial charge on any atom is 0.405 e. The third-order valence-electron chi connectivity index (χ3n) is 4.39. The van der Waals surface area contributed by atoms with E-state index >= 15 is 0 Å². The summed E-state index contributed by atoms with van der Waals surface area (Å²) in [5, 5.41) is 11.9. The molecule has 0 radical (unpaired) electrons. The van der Waals surface area contributed by atoms with Crippen molar-refractivity contribution in [2.75, 3.05) is 12.8 Å². The molecule has 2 unspecified atom stereocenters. The van der Waals surface area contributed by atoms with Gasteiger partial charge >= 0.3 is 12.1 Å². The Morgan fingerprint density at radius 1 is 1.19 bits per heavy atom. The van der Waals surface area contributed by atoms with E-state index in [9.17, 15) is 14.7 Å². The first-order chi connectivity index (χ1) is 12.4. The van der Waals surface area contributed by atoms with Gasteiger partial charge in [0.05, 0.1) is 19.6 Å². The molecule has 0 fully saturated rings. The van der Waals surface area contributed by atoms with Gasteiger partial charge in [0.25, 0.3) is 0 Å². The summed E-state index contributed by atoms with van der Waals surface area (Å²) in [6.45, 7) is 1.89. The number of nitrogen functional groups attached to an aromatic ring is 1. The molecular formula is C20H24N2O4. The molecule has 0 saturated carbocycles. The molecule has 6 nitrogen and oxygen atoms in total. The lowest BCUT2D eigenvalue weighted by molar-refractivity contribution is -0.142. The largest absolute Gasteiger partial charge is 0.469 e. The lowest BCUT2D eigenvalue weighted by Gasteiger charge is -2.28. The third kappa shape index (κ3) is 5.24. The molecular weight excluding hydrogens is 332 g/mol. The number of carboxylic acid groups (broad SMARTS) is 1. The molecule has 2 aromatic rings. The van der Waals surface area contributed by atoms with Crippen molar-refractivity contribution in [3.8, 4) is 0 Å². The Hall–Kier alpha value is -3.02. The van der Waals surface area contributed by atoms with E-state index in [0.717, 1.165) is 16.7 Å². The molecule has 0 saturated heterocycles. The van der Waals surface area contributed by atoms with Gasteiger partial charge in [-0.15, -0.1) is 0 Å². The van der Waals surface area contributed by atoms with Crippen LogP contribution in [0.15, 0.2) is 48.5 Å². The van der Waals surface area contributed by atoms with E-state index in [-0.39, 0.29) is 18.3 Å². The molecule has 1 amide bonds. The second-order valence-corrected chi connectivity index (χ2v) is 6.27. The molecule has 138 valence electrons. The SMILES string of the molecule is COC(=O)CC(Cc1ccccc1)C(NC(=O)O)c1cc(N)ccc1C. The van der Waals surface area contributed by atoms with E-state index in [1.54, 1.807) is 12.1 Å². The predicted octanol–water partition coefficient (Wildman–Crippen LogP) is 3.31. The zero-order valence-corrected chi connectivity index (χ0v) is 14.9. The molecule has 2 aromatic carbocycles. The van der Waals surface area contributed by atoms with Crippen LogP contribution in [-0.4, -0.2) is 24.3 Å². The van der Waals surface area contributed by atoms with Gasteiger partial charge in [-0.1, -0.05) is 36.4 Å². The van der Waals surface area contributed by atoms with Crippen LogP contribution in [0.25, 0.3) is 0 Å². The van der Waals surface area contributed by atoms with E-state index < -0.39 is 12.1 Å². The number of anilines is 1. The van der Waals surface area contributed by atoms with E-state index in [1.165, 1.54) is 7.11 Å². The van der Waals surface area contributed by atoms with Crippen molar-refractivity contribution in [1.82, 2.24) is 5.32 Å². The highest BCUT2D eigenvalue weighted by atomic mass is 16.5. The molecule has 0 aromatic heterocycles. The highest BCUT2D eigenvalue weighted by Crippen LogP contribution is 2.31. The molecule has 26 heavy (non-hydrogen) atoms. The maximum atomic E-state index is 12.0. The molecule has 0 bridgehead atoms. The molecule has 0 aliphatic rings. The summed E-state index contributed by atoms with van der Waals surface area (Å²) in [6, 6.07) is 14.4. The molecule has 0 aliphatic carbocycles. The van der Waals surface area contributed by atoms with Crippen LogP contribution in [0.3, 0.4) is 0 Å². The summed E-state index contributed by atoms with van der Waals surface area (Å²) in [6.07, 6.45) is -0.542. The Labute approximate surface area is 153 Å². The number of ether oxygens (including phenoxy) is 1. The van der Waals surface area contributed by atoms with Gasteiger partial charge in [-0.25, -0.2) is 4.79 Å². The molecule has 2 rings (SSSR count). The van der Waals surface area contributed by atoms with Crippen LogP contribution >= 0.6 is 0 Å². The number of nitrogens with two attached hydrogens (primary N) is 1. The summed E-state index contributed by atoms with van der Waals surface area (Å²) in [7, 11) is 1.33. The molecule has 0 aliphatic heterocycles. The third-order valence-corrected chi connectivity index (χ3v) is 4.39. The zero-order chi connectivity index (χ0) is 19.1. The summed E-state index contributed by atoms with van der Waals surface area (Å²) in [4.78, 5) is 23.4. The van der Waals surface area contributed by atoms with Crippen molar-refractivity contribution in [3.05, 3.63) is 65.2 Å². The van der Waals surface area contributed by atoms with Crippen molar-refractivity contribution in [1.29, 1.82) is 0 Å². The van der Waals surface area contributed by atoms with Crippen LogP contribution in [0.4, 0.5) is 10.5 Å². The fourth-order valence-corrected chi connectivity index (χ4v) is 3.10. The second kappa shape index (κ2) is 8.89. The topological polar surface area (TPSA) is 102 Å². The first-order valence-corrected chi connectivity index (χ1v) is 8.37. The molecule has 0 heterocycles. The second-order valence-electron chi connectivity index (χ2n) is 6.27. The minimum atomic E-state index is -1.15. The number of aryl methyl sites for hydroxylation is 1. The number of amides is 1. The molecule has 0 spiro atoms. The maximum absolute atomic E-state index is 12.0. The Kier molecular flexibility index (Phi) is 6.60. The van der Waals surface area contributed by atoms with Crippen molar-refractivity contribution in [2.45, 2.75) is 25.8 Å².